The number of rotatable bonds is 7. The molecule has 0 aliphatic heterocycles. The van der Waals surface area contributed by atoms with Crippen LogP contribution in [0.15, 0.2) is 76.2 Å². The van der Waals surface area contributed by atoms with E-state index < -0.39 is 11.9 Å². The Kier molecular flexibility index (Phi) is 6.63. The van der Waals surface area contributed by atoms with Gasteiger partial charge in [-0.3, -0.25) is 9.59 Å². The molecule has 0 spiro atoms. The molecule has 0 atom stereocenters. The lowest BCUT2D eigenvalue weighted by Crippen LogP contribution is -2.27. The van der Waals surface area contributed by atoms with Crippen molar-refractivity contribution in [3.05, 3.63) is 88.3 Å². The number of benzene rings is 2. The van der Waals surface area contributed by atoms with Crippen molar-refractivity contribution < 1.29 is 18.8 Å². The first kappa shape index (κ1) is 22.7. The van der Waals surface area contributed by atoms with E-state index in [4.69, 9.17) is 9.26 Å². The summed E-state index contributed by atoms with van der Waals surface area (Å²) in [5.74, 6) is -0.390. The molecule has 2 aromatic heterocycles. The quantitative estimate of drug-likeness (QED) is 0.420. The molecule has 0 fully saturated rings. The van der Waals surface area contributed by atoms with Crippen LogP contribution in [0, 0.1) is 6.92 Å². The molecule has 0 bridgehead atoms. The zero-order valence-corrected chi connectivity index (χ0v) is 18.6. The summed E-state index contributed by atoms with van der Waals surface area (Å²) >= 11 is 0. The second-order valence-corrected chi connectivity index (χ2v) is 7.49. The number of carbonyl (C=O) groups excluding carboxylic acids is 2. The lowest BCUT2D eigenvalue weighted by molar-refractivity contribution is -0.116. The van der Waals surface area contributed by atoms with E-state index in [1.165, 1.54) is 16.8 Å². The Bertz CT molecular complexity index is 1390. The Labute approximate surface area is 195 Å². The van der Waals surface area contributed by atoms with E-state index in [1.54, 1.807) is 37.3 Å². The standard InChI is InChI=1S/C25H22N4O5/c1-3-33-25(32)19-6-4-5-7-20(19)26-21(30)15-29-14-18(12-13-22(29)31)24-27-23(28-34-24)17-10-8-16(2)9-11-17/h4-14H,3,15H2,1-2H3,(H,26,30). The molecule has 2 aromatic carbocycles. The number of aryl methyl sites for hydroxylation is 1. The molecule has 0 saturated heterocycles. The van der Waals surface area contributed by atoms with E-state index >= 15 is 0 Å². The van der Waals surface area contributed by atoms with Gasteiger partial charge in [0.25, 0.3) is 11.4 Å². The summed E-state index contributed by atoms with van der Waals surface area (Å²) in [5, 5.41) is 6.67. The molecule has 0 aliphatic rings. The van der Waals surface area contributed by atoms with Gasteiger partial charge in [-0.15, -0.1) is 0 Å². The number of anilines is 1. The van der Waals surface area contributed by atoms with E-state index in [9.17, 15) is 14.4 Å². The summed E-state index contributed by atoms with van der Waals surface area (Å²) in [4.78, 5) is 41.5. The van der Waals surface area contributed by atoms with E-state index in [0.29, 0.717) is 17.1 Å². The molecular weight excluding hydrogens is 436 g/mol. The van der Waals surface area contributed by atoms with Gasteiger partial charge in [-0.1, -0.05) is 47.1 Å². The first-order valence-electron chi connectivity index (χ1n) is 10.6. The SMILES string of the molecule is CCOC(=O)c1ccccc1NC(=O)Cn1cc(-c2nc(-c3ccc(C)cc3)no2)ccc1=O. The zero-order chi connectivity index (χ0) is 24.1. The maximum atomic E-state index is 12.7. The van der Waals surface area contributed by atoms with E-state index in [0.717, 1.165) is 11.1 Å². The topological polar surface area (TPSA) is 116 Å². The van der Waals surface area contributed by atoms with Crippen molar-refractivity contribution in [1.29, 1.82) is 0 Å². The molecule has 9 nitrogen and oxygen atoms in total. The highest BCUT2D eigenvalue weighted by Crippen LogP contribution is 2.22. The van der Waals surface area contributed by atoms with Crippen LogP contribution in [0.1, 0.15) is 22.8 Å². The number of ether oxygens (including phenoxy) is 1. The molecular formula is C25H22N4O5. The lowest BCUT2D eigenvalue weighted by atomic mass is 10.1. The second kappa shape index (κ2) is 9.95. The summed E-state index contributed by atoms with van der Waals surface area (Å²) in [5.41, 5.74) is 2.56. The number of aromatic nitrogens is 3. The van der Waals surface area contributed by atoms with Gasteiger partial charge in [0.2, 0.25) is 11.7 Å². The molecule has 0 saturated carbocycles. The average Bonchev–Trinajstić information content (AvgIpc) is 3.32. The van der Waals surface area contributed by atoms with Crippen LogP contribution in [-0.4, -0.2) is 33.2 Å². The van der Waals surface area contributed by atoms with Crippen molar-refractivity contribution in [2.24, 2.45) is 0 Å². The van der Waals surface area contributed by atoms with Gasteiger partial charge in [0.1, 0.15) is 6.54 Å². The van der Waals surface area contributed by atoms with Crippen LogP contribution in [-0.2, 0) is 16.1 Å². The van der Waals surface area contributed by atoms with Crippen LogP contribution in [0.2, 0.25) is 0 Å². The van der Waals surface area contributed by atoms with Crippen molar-refractivity contribution in [2.75, 3.05) is 11.9 Å². The first-order chi connectivity index (χ1) is 16.4. The van der Waals surface area contributed by atoms with E-state index in [1.807, 2.05) is 31.2 Å². The Balaban J connectivity index is 1.53. The van der Waals surface area contributed by atoms with E-state index in [2.05, 4.69) is 15.5 Å². The summed E-state index contributed by atoms with van der Waals surface area (Å²) < 4.78 is 11.6. The van der Waals surface area contributed by atoms with Gasteiger partial charge in [0.15, 0.2) is 0 Å². The minimum Gasteiger partial charge on any atom is -0.462 e. The van der Waals surface area contributed by atoms with Gasteiger partial charge >= 0.3 is 5.97 Å². The highest BCUT2D eigenvalue weighted by molar-refractivity contribution is 6.01. The second-order valence-electron chi connectivity index (χ2n) is 7.49. The predicted molar refractivity (Wildman–Crippen MR) is 125 cm³/mol. The van der Waals surface area contributed by atoms with Crippen LogP contribution in [0.25, 0.3) is 22.8 Å². The summed E-state index contributed by atoms with van der Waals surface area (Å²) in [7, 11) is 0. The molecule has 0 unspecified atom stereocenters. The van der Waals surface area contributed by atoms with Gasteiger partial charge in [0.05, 0.1) is 23.4 Å². The Morgan fingerprint density at radius 1 is 1.03 bits per heavy atom. The third-order valence-corrected chi connectivity index (χ3v) is 4.98. The van der Waals surface area contributed by atoms with Crippen molar-refractivity contribution in [1.82, 2.24) is 14.7 Å². The number of hydrogen-bond donors (Lipinski definition) is 1. The largest absolute Gasteiger partial charge is 0.462 e. The Morgan fingerprint density at radius 2 is 1.76 bits per heavy atom. The van der Waals surface area contributed by atoms with Crippen molar-refractivity contribution in [3.8, 4) is 22.8 Å². The van der Waals surface area contributed by atoms with Gasteiger partial charge in [-0.25, -0.2) is 4.79 Å². The van der Waals surface area contributed by atoms with Crippen molar-refractivity contribution in [3.63, 3.8) is 0 Å². The maximum absolute atomic E-state index is 12.7. The number of nitrogens with one attached hydrogen (secondary N) is 1. The molecule has 0 radical (unpaired) electrons. The van der Waals surface area contributed by atoms with Crippen LogP contribution < -0.4 is 10.9 Å². The van der Waals surface area contributed by atoms with Crippen molar-refractivity contribution >= 4 is 17.6 Å². The fourth-order valence-corrected chi connectivity index (χ4v) is 3.27. The number of esters is 1. The summed E-state index contributed by atoms with van der Waals surface area (Å²) in [6.45, 7) is 3.62. The average molecular weight is 458 g/mol. The molecule has 4 aromatic rings. The number of pyridine rings is 1. The minimum atomic E-state index is -0.543. The fourth-order valence-electron chi connectivity index (χ4n) is 3.27. The fraction of sp³-hybridized carbons (Fsp3) is 0.160. The van der Waals surface area contributed by atoms with Crippen LogP contribution in [0.4, 0.5) is 5.69 Å². The highest BCUT2D eigenvalue weighted by Gasteiger charge is 2.16. The summed E-state index contributed by atoms with van der Waals surface area (Å²) in [6, 6.07) is 17.1. The van der Waals surface area contributed by atoms with Gasteiger partial charge < -0.3 is 19.1 Å². The first-order valence-corrected chi connectivity index (χ1v) is 10.6. The minimum absolute atomic E-state index is 0.213. The predicted octanol–water partition coefficient (Wildman–Crippen LogP) is 3.69. The number of nitrogens with zero attached hydrogens (tertiary/aromatic N) is 3. The monoisotopic (exact) mass is 458 g/mol. The van der Waals surface area contributed by atoms with Crippen LogP contribution in [0.5, 0.6) is 0 Å². The third kappa shape index (κ3) is 5.09. The molecule has 172 valence electrons. The van der Waals surface area contributed by atoms with Gasteiger partial charge in [-0.05, 0) is 32.0 Å². The van der Waals surface area contributed by atoms with Gasteiger partial charge in [-0.2, -0.15) is 4.98 Å². The van der Waals surface area contributed by atoms with Gasteiger partial charge in [0, 0.05) is 17.8 Å². The molecule has 34 heavy (non-hydrogen) atoms. The lowest BCUT2D eigenvalue weighted by Gasteiger charge is -2.11. The molecule has 1 N–H and O–H groups in total. The molecule has 1 amide bonds. The molecule has 4 rings (SSSR count). The molecule has 9 heteroatoms. The Morgan fingerprint density at radius 3 is 2.53 bits per heavy atom. The molecule has 0 aliphatic carbocycles. The maximum Gasteiger partial charge on any atom is 0.340 e. The van der Waals surface area contributed by atoms with Crippen molar-refractivity contribution in [2.45, 2.75) is 20.4 Å². The number of carbonyl (C=O) groups is 2. The summed E-state index contributed by atoms with van der Waals surface area (Å²) in [6.07, 6.45) is 1.48. The zero-order valence-electron chi connectivity index (χ0n) is 18.6. The molecule has 2 heterocycles. The third-order valence-electron chi connectivity index (χ3n) is 4.98. The highest BCUT2D eigenvalue weighted by atomic mass is 16.5. The normalized spacial score (nSPS) is 10.6. The van der Waals surface area contributed by atoms with Crippen LogP contribution in [0.3, 0.4) is 0 Å². The smallest absolute Gasteiger partial charge is 0.340 e. The number of amides is 1. The van der Waals surface area contributed by atoms with E-state index in [-0.39, 0.29) is 30.2 Å². The van der Waals surface area contributed by atoms with Crippen LogP contribution >= 0.6 is 0 Å². The number of para-hydroxylation sites is 1. The Hall–Kier alpha value is -4.53. The number of hydrogen-bond acceptors (Lipinski definition) is 7.